The van der Waals surface area contributed by atoms with Crippen LogP contribution in [0.25, 0.3) is 5.57 Å². The molecule has 0 bridgehead atoms. The number of benzene rings is 1. The van der Waals surface area contributed by atoms with Crippen LogP contribution in [0.1, 0.15) is 5.56 Å². The van der Waals surface area contributed by atoms with Gasteiger partial charge in [-0.15, -0.1) is 0 Å². The highest BCUT2D eigenvalue weighted by atomic mass is 16.5. The summed E-state index contributed by atoms with van der Waals surface area (Å²) in [4.78, 5) is 34.9. The van der Waals surface area contributed by atoms with Gasteiger partial charge in [-0.05, 0) is 6.07 Å². The van der Waals surface area contributed by atoms with Crippen molar-refractivity contribution in [1.82, 2.24) is 19.6 Å². The van der Waals surface area contributed by atoms with Crippen LogP contribution in [0.5, 0.6) is 5.75 Å². The summed E-state index contributed by atoms with van der Waals surface area (Å²) in [6, 6.07) is 7.36. The Hall–Kier alpha value is -2.46. The van der Waals surface area contributed by atoms with Crippen molar-refractivity contribution >= 4 is 17.4 Å². The maximum Gasteiger partial charge on any atom is 0.277 e. The maximum atomic E-state index is 13.6. The first-order chi connectivity index (χ1) is 15.6. The molecule has 0 radical (unpaired) electrons. The molecule has 0 unspecified atom stereocenters. The maximum absolute atomic E-state index is 13.6. The van der Waals surface area contributed by atoms with E-state index in [1.165, 1.54) is 4.90 Å². The Labute approximate surface area is 188 Å². The Bertz CT molecular complexity index is 860. The molecular formula is C23H32N4O5. The number of ether oxygens (including phenoxy) is 2. The molecule has 2 saturated heterocycles. The number of β-amino-alcohol motifs (C(OH)–C–C–N with tert-alkyl or cyclic N) is 1. The minimum Gasteiger partial charge on any atom is -0.496 e. The first-order valence-corrected chi connectivity index (χ1v) is 11.3. The van der Waals surface area contributed by atoms with Crippen molar-refractivity contribution in [3.63, 3.8) is 0 Å². The highest BCUT2D eigenvalue weighted by Gasteiger charge is 2.43. The number of amides is 2. The number of nitrogens with zero attached hydrogens (tertiary/aromatic N) is 4. The Morgan fingerprint density at radius 3 is 2.28 bits per heavy atom. The van der Waals surface area contributed by atoms with Crippen molar-refractivity contribution in [2.75, 3.05) is 85.8 Å². The van der Waals surface area contributed by atoms with Gasteiger partial charge in [0.2, 0.25) is 0 Å². The van der Waals surface area contributed by atoms with Crippen LogP contribution in [-0.4, -0.2) is 122 Å². The third-order valence-corrected chi connectivity index (χ3v) is 6.37. The minimum absolute atomic E-state index is 0.113. The summed E-state index contributed by atoms with van der Waals surface area (Å²) in [7, 11) is 1.57. The molecule has 0 aliphatic carbocycles. The van der Waals surface area contributed by atoms with E-state index in [0.717, 1.165) is 26.2 Å². The van der Waals surface area contributed by atoms with Crippen molar-refractivity contribution in [3.05, 3.63) is 35.5 Å². The quantitative estimate of drug-likeness (QED) is 0.548. The molecule has 1 aromatic rings. The zero-order valence-electron chi connectivity index (χ0n) is 18.7. The Morgan fingerprint density at radius 2 is 1.59 bits per heavy atom. The third kappa shape index (κ3) is 4.66. The van der Waals surface area contributed by atoms with E-state index in [0.29, 0.717) is 68.5 Å². The molecule has 3 heterocycles. The van der Waals surface area contributed by atoms with Gasteiger partial charge in [0.05, 0.1) is 32.5 Å². The van der Waals surface area contributed by atoms with Gasteiger partial charge in [0.15, 0.2) is 0 Å². The van der Waals surface area contributed by atoms with Gasteiger partial charge in [0.25, 0.3) is 11.8 Å². The molecule has 0 saturated carbocycles. The van der Waals surface area contributed by atoms with Gasteiger partial charge in [-0.2, -0.15) is 0 Å². The topological polar surface area (TPSA) is 85.8 Å². The van der Waals surface area contributed by atoms with Gasteiger partial charge >= 0.3 is 0 Å². The van der Waals surface area contributed by atoms with Gasteiger partial charge in [0, 0.05) is 64.5 Å². The molecule has 3 aliphatic rings. The Morgan fingerprint density at radius 1 is 0.906 bits per heavy atom. The molecule has 4 rings (SSSR count). The highest BCUT2D eigenvalue weighted by Crippen LogP contribution is 2.36. The predicted octanol–water partition coefficient (Wildman–Crippen LogP) is -0.283. The third-order valence-electron chi connectivity index (χ3n) is 6.37. The fourth-order valence-corrected chi connectivity index (χ4v) is 4.56. The number of hydrogen-bond donors (Lipinski definition) is 1. The normalized spacial score (nSPS) is 21.1. The number of aliphatic hydroxyl groups is 1. The van der Waals surface area contributed by atoms with E-state index in [4.69, 9.17) is 9.47 Å². The van der Waals surface area contributed by atoms with E-state index < -0.39 is 0 Å². The molecule has 9 heteroatoms. The van der Waals surface area contributed by atoms with Gasteiger partial charge < -0.3 is 19.5 Å². The fraction of sp³-hybridized carbons (Fsp3) is 0.565. The number of rotatable bonds is 8. The second kappa shape index (κ2) is 10.4. The van der Waals surface area contributed by atoms with Gasteiger partial charge in [-0.25, -0.2) is 0 Å². The number of morpholine rings is 1. The summed E-state index contributed by atoms with van der Waals surface area (Å²) in [6.07, 6.45) is 0. The zero-order valence-corrected chi connectivity index (χ0v) is 18.7. The molecule has 0 spiro atoms. The van der Waals surface area contributed by atoms with E-state index >= 15 is 0 Å². The number of piperazine rings is 1. The smallest absolute Gasteiger partial charge is 0.277 e. The molecule has 2 amide bonds. The molecule has 0 aromatic heterocycles. The van der Waals surface area contributed by atoms with Crippen LogP contribution >= 0.6 is 0 Å². The lowest BCUT2D eigenvalue weighted by Gasteiger charge is -2.36. The molecule has 9 nitrogen and oxygen atoms in total. The number of aliphatic hydroxyl groups excluding tert-OH is 1. The van der Waals surface area contributed by atoms with E-state index in [9.17, 15) is 14.7 Å². The van der Waals surface area contributed by atoms with Gasteiger partial charge in [0.1, 0.15) is 11.4 Å². The average molecular weight is 445 g/mol. The Balaban J connectivity index is 1.60. The molecular weight excluding hydrogens is 412 g/mol. The summed E-state index contributed by atoms with van der Waals surface area (Å²) in [5.41, 5.74) is 1.53. The predicted molar refractivity (Wildman–Crippen MR) is 119 cm³/mol. The molecule has 1 N–H and O–H groups in total. The van der Waals surface area contributed by atoms with Crippen LogP contribution in [0.2, 0.25) is 0 Å². The van der Waals surface area contributed by atoms with Gasteiger partial charge in [-0.1, -0.05) is 18.2 Å². The SMILES string of the molecule is COc1ccccc1C1=C(N2CCN(CCO)CC2)C(=O)N(CCN2CCOCC2)C1=O. The van der Waals surface area contributed by atoms with Crippen LogP contribution in [0.4, 0.5) is 0 Å². The van der Waals surface area contributed by atoms with Crippen LogP contribution in [0.15, 0.2) is 30.0 Å². The number of methoxy groups -OCH3 is 1. The second-order valence-corrected chi connectivity index (χ2v) is 8.19. The van der Waals surface area contributed by atoms with Crippen molar-refractivity contribution in [2.45, 2.75) is 0 Å². The van der Waals surface area contributed by atoms with E-state index in [2.05, 4.69) is 9.80 Å². The van der Waals surface area contributed by atoms with Crippen LogP contribution in [0.3, 0.4) is 0 Å². The number of carbonyl (C=O) groups excluding carboxylic acids is 2. The monoisotopic (exact) mass is 444 g/mol. The number of para-hydroxylation sites is 1. The summed E-state index contributed by atoms with van der Waals surface area (Å²) in [6.45, 7) is 7.41. The largest absolute Gasteiger partial charge is 0.496 e. The molecule has 1 aromatic carbocycles. The van der Waals surface area contributed by atoms with Crippen molar-refractivity contribution in [3.8, 4) is 5.75 Å². The first-order valence-electron chi connectivity index (χ1n) is 11.3. The lowest BCUT2D eigenvalue weighted by Crippen LogP contribution is -2.48. The second-order valence-electron chi connectivity index (χ2n) is 8.19. The molecule has 3 aliphatic heterocycles. The van der Waals surface area contributed by atoms with Crippen molar-refractivity contribution in [1.29, 1.82) is 0 Å². The van der Waals surface area contributed by atoms with Crippen LogP contribution in [-0.2, 0) is 14.3 Å². The molecule has 174 valence electrons. The van der Waals surface area contributed by atoms with Crippen LogP contribution < -0.4 is 4.74 Å². The number of imide groups is 1. The van der Waals surface area contributed by atoms with Crippen LogP contribution in [0, 0.1) is 0 Å². The van der Waals surface area contributed by atoms with E-state index in [1.807, 2.05) is 29.2 Å². The molecule has 32 heavy (non-hydrogen) atoms. The van der Waals surface area contributed by atoms with Crippen molar-refractivity contribution in [2.24, 2.45) is 0 Å². The average Bonchev–Trinajstić information content (AvgIpc) is 3.08. The lowest BCUT2D eigenvalue weighted by molar-refractivity contribution is -0.138. The summed E-state index contributed by atoms with van der Waals surface area (Å²) >= 11 is 0. The van der Waals surface area contributed by atoms with Crippen molar-refractivity contribution < 1.29 is 24.2 Å². The summed E-state index contributed by atoms with van der Waals surface area (Å²) in [5.74, 6) is 0.0791. The van der Waals surface area contributed by atoms with E-state index in [-0.39, 0.29) is 18.4 Å². The number of carbonyl (C=O) groups is 2. The van der Waals surface area contributed by atoms with Gasteiger partial charge in [-0.3, -0.25) is 24.3 Å². The fourth-order valence-electron chi connectivity index (χ4n) is 4.56. The van der Waals surface area contributed by atoms with E-state index in [1.54, 1.807) is 7.11 Å². The summed E-state index contributed by atoms with van der Waals surface area (Å²) in [5, 5.41) is 9.23. The summed E-state index contributed by atoms with van der Waals surface area (Å²) < 4.78 is 10.9. The zero-order chi connectivity index (χ0) is 22.5. The highest BCUT2D eigenvalue weighted by molar-refractivity contribution is 6.36. The minimum atomic E-state index is -0.263. The Kier molecular flexibility index (Phi) is 7.41. The molecule has 2 fully saturated rings. The standard InChI is InChI=1S/C23H32N4O5/c1-31-19-5-3-2-4-18(19)20-21(26-9-6-24(7-10-26)12-15-28)23(30)27(22(20)29)11-8-25-13-16-32-17-14-25/h2-5,28H,6-17H2,1H3. The first kappa shape index (κ1) is 22.7. The molecule has 0 atom stereocenters. The number of hydrogen-bond acceptors (Lipinski definition) is 8. The lowest BCUT2D eigenvalue weighted by atomic mass is 10.0.